The Bertz CT molecular complexity index is 1130. The second kappa shape index (κ2) is 6.40. The summed E-state index contributed by atoms with van der Waals surface area (Å²) in [7, 11) is 0. The zero-order valence-electron chi connectivity index (χ0n) is 14.0. The van der Waals surface area contributed by atoms with Crippen molar-refractivity contribution < 1.29 is 4.79 Å². The standard InChI is InChI=1S/C18H16N6O2/c1-2-12(14-10-24-9-5-8-19-18(24)22-14)21-17(26)15-20-13-7-4-3-6-11(13)16(25)23-15/h3-10,12H,2H2,1H3,(H,21,26)(H,20,23,25)/t12-/m1/s1. The van der Waals surface area contributed by atoms with Crippen LogP contribution in [0.15, 0.2) is 53.7 Å². The summed E-state index contributed by atoms with van der Waals surface area (Å²) in [6, 6.07) is 8.38. The summed E-state index contributed by atoms with van der Waals surface area (Å²) in [6.45, 7) is 1.94. The van der Waals surface area contributed by atoms with Gasteiger partial charge in [-0.1, -0.05) is 19.1 Å². The Labute approximate surface area is 147 Å². The van der Waals surface area contributed by atoms with E-state index in [0.29, 0.717) is 28.8 Å². The number of benzene rings is 1. The van der Waals surface area contributed by atoms with Crippen LogP contribution in [0, 0.1) is 0 Å². The molecule has 4 rings (SSSR count). The van der Waals surface area contributed by atoms with Crippen molar-refractivity contribution in [3.63, 3.8) is 0 Å². The van der Waals surface area contributed by atoms with E-state index < -0.39 is 5.91 Å². The van der Waals surface area contributed by atoms with Crippen molar-refractivity contribution >= 4 is 22.6 Å². The van der Waals surface area contributed by atoms with Gasteiger partial charge in [-0.2, -0.15) is 0 Å². The first kappa shape index (κ1) is 15.9. The molecule has 130 valence electrons. The van der Waals surface area contributed by atoms with Gasteiger partial charge >= 0.3 is 0 Å². The summed E-state index contributed by atoms with van der Waals surface area (Å²) >= 11 is 0. The predicted octanol–water partition coefficient (Wildman–Crippen LogP) is 1.85. The second-order valence-corrected chi connectivity index (χ2v) is 5.86. The first-order chi connectivity index (χ1) is 12.7. The van der Waals surface area contributed by atoms with Crippen LogP contribution in [0.4, 0.5) is 0 Å². The Morgan fingerprint density at radius 1 is 1.27 bits per heavy atom. The highest BCUT2D eigenvalue weighted by Gasteiger charge is 2.19. The minimum absolute atomic E-state index is 0.0194. The van der Waals surface area contributed by atoms with E-state index in [1.165, 1.54) is 0 Å². The number of rotatable bonds is 4. The van der Waals surface area contributed by atoms with Gasteiger partial charge < -0.3 is 10.3 Å². The average molecular weight is 348 g/mol. The number of aromatic nitrogens is 5. The second-order valence-electron chi connectivity index (χ2n) is 5.86. The molecule has 0 aliphatic heterocycles. The highest BCUT2D eigenvalue weighted by molar-refractivity contribution is 5.92. The lowest BCUT2D eigenvalue weighted by atomic mass is 10.1. The Hall–Kier alpha value is -3.55. The number of fused-ring (bicyclic) bond motifs is 2. The maximum Gasteiger partial charge on any atom is 0.287 e. The number of carbonyl (C=O) groups is 1. The molecule has 0 unspecified atom stereocenters. The quantitative estimate of drug-likeness (QED) is 0.585. The van der Waals surface area contributed by atoms with Crippen LogP contribution in [0.3, 0.4) is 0 Å². The third kappa shape index (κ3) is 2.81. The Balaban J connectivity index is 1.64. The van der Waals surface area contributed by atoms with E-state index in [2.05, 4.69) is 25.3 Å². The fourth-order valence-corrected chi connectivity index (χ4v) is 2.82. The number of hydrogen-bond donors (Lipinski definition) is 2. The smallest absolute Gasteiger partial charge is 0.287 e. The van der Waals surface area contributed by atoms with Crippen molar-refractivity contribution in [3.8, 4) is 0 Å². The highest BCUT2D eigenvalue weighted by Crippen LogP contribution is 2.16. The maximum absolute atomic E-state index is 12.6. The van der Waals surface area contributed by atoms with E-state index in [1.54, 1.807) is 34.9 Å². The molecule has 0 radical (unpaired) electrons. The van der Waals surface area contributed by atoms with E-state index in [9.17, 15) is 9.59 Å². The summed E-state index contributed by atoms with van der Waals surface area (Å²) < 4.78 is 1.79. The molecule has 0 spiro atoms. The summed E-state index contributed by atoms with van der Waals surface area (Å²) in [4.78, 5) is 40.2. The number of hydrogen-bond acceptors (Lipinski definition) is 5. The molecule has 1 aromatic carbocycles. The molecule has 0 saturated heterocycles. The number of carbonyl (C=O) groups excluding carboxylic acids is 1. The van der Waals surface area contributed by atoms with Crippen LogP contribution in [0.2, 0.25) is 0 Å². The van der Waals surface area contributed by atoms with Crippen molar-refractivity contribution in [3.05, 3.63) is 70.8 Å². The molecule has 3 heterocycles. The molecule has 0 bridgehead atoms. The molecule has 0 fully saturated rings. The fraction of sp³-hybridized carbons (Fsp3) is 0.167. The predicted molar refractivity (Wildman–Crippen MR) is 95.8 cm³/mol. The number of nitrogens with one attached hydrogen (secondary N) is 2. The summed E-state index contributed by atoms with van der Waals surface area (Å²) in [5, 5.41) is 3.32. The summed E-state index contributed by atoms with van der Waals surface area (Å²) in [5.41, 5.74) is 0.833. The van der Waals surface area contributed by atoms with E-state index in [4.69, 9.17) is 0 Å². The van der Waals surface area contributed by atoms with Gasteiger partial charge in [-0.25, -0.2) is 15.0 Å². The maximum atomic E-state index is 12.6. The third-order valence-electron chi connectivity index (χ3n) is 4.15. The molecule has 0 aliphatic rings. The van der Waals surface area contributed by atoms with Gasteiger partial charge in [0, 0.05) is 18.6 Å². The molecule has 2 N–H and O–H groups in total. The number of H-pyrrole nitrogens is 1. The molecular formula is C18H16N6O2. The minimum Gasteiger partial charge on any atom is -0.341 e. The third-order valence-corrected chi connectivity index (χ3v) is 4.15. The van der Waals surface area contributed by atoms with Gasteiger partial charge in [0.15, 0.2) is 5.82 Å². The first-order valence-electron chi connectivity index (χ1n) is 8.25. The normalized spacial score (nSPS) is 12.3. The van der Waals surface area contributed by atoms with E-state index >= 15 is 0 Å². The van der Waals surface area contributed by atoms with Crippen LogP contribution < -0.4 is 10.9 Å². The minimum atomic E-state index is -0.454. The Morgan fingerprint density at radius 3 is 2.92 bits per heavy atom. The number of para-hydroxylation sites is 1. The van der Waals surface area contributed by atoms with Crippen molar-refractivity contribution in [2.45, 2.75) is 19.4 Å². The molecule has 4 aromatic rings. The van der Waals surface area contributed by atoms with E-state index in [0.717, 1.165) is 0 Å². The van der Waals surface area contributed by atoms with Gasteiger partial charge in [0.1, 0.15) is 0 Å². The fourth-order valence-electron chi connectivity index (χ4n) is 2.82. The van der Waals surface area contributed by atoms with Gasteiger partial charge in [0.05, 0.1) is 22.6 Å². The van der Waals surface area contributed by atoms with Gasteiger partial charge in [-0.05, 0) is 24.6 Å². The zero-order valence-corrected chi connectivity index (χ0v) is 14.0. The van der Waals surface area contributed by atoms with Crippen molar-refractivity contribution in [2.24, 2.45) is 0 Å². The van der Waals surface area contributed by atoms with Crippen LogP contribution >= 0.6 is 0 Å². The van der Waals surface area contributed by atoms with Crippen molar-refractivity contribution in [1.82, 2.24) is 29.7 Å². The number of nitrogens with zero attached hydrogens (tertiary/aromatic N) is 4. The molecule has 3 aromatic heterocycles. The van der Waals surface area contributed by atoms with Gasteiger partial charge in [-0.3, -0.25) is 14.0 Å². The topological polar surface area (TPSA) is 105 Å². The van der Waals surface area contributed by atoms with Crippen LogP contribution in [0.5, 0.6) is 0 Å². The summed E-state index contributed by atoms with van der Waals surface area (Å²) in [5.74, 6) is 0.0891. The summed E-state index contributed by atoms with van der Waals surface area (Å²) in [6.07, 6.45) is 5.96. The lowest BCUT2D eigenvalue weighted by molar-refractivity contribution is 0.0924. The highest BCUT2D eigenvalue weighted by atomic mass is 16.2. The van der Waals surface area contributed by atoms with Crippen LogP contribution in [0.1, 0.15) is 35.7 Å². The van der Waals surface area contributed by atoms with Crippen molar-refractivity contribution in [1.29, 1.82) is 0 Å². The van der Waals surface area contributed by atoms with E-state index in [1.807, 2.05) is 25.4 Å². The van der Waals surface area contributed by atoms with Crippen molar-refractivity contribution in [2.75, 3.05) is 0 Å². The SMILES string of the molecule is CC[C@@H](NC(=O)c1nc2ccccc2c(=O)[nH]1)c1cn2cccnc2n1. The molecule has 8 heteroatoms. The monoisotopic (exact) mass is 348 g/mol. The number of aromatic amines is 1. The lowest BCUT2D eigenvalue weighted by Gasteiger charge is -2.14. The molecular weight excluding hydrogens is 332 g/mol. The lowest BCUT2D eigenvalue weighted by Crippen LogP contribution is -2.31. The average Bonchev–Trinajstić information content (AvgIpc) is 3.09. The molecule has 0 aliphatic carbocycles. The number of imidazole rings is 1. The first-order valence-corrected chi connectivity index (χ1v) is 8.25. The molecule has 1 atom stereocenters. The molecule has 0 saturated carbocycles. The van der Waals surface area contributed by atoms with Gasteiger partial charge in [0.25, 0.3) is 11.5 Å². The Kier molecular flexibility index (Phi) is 3.92. The molecule has 8 nitrogen and oxygen atoms in total. The largest absolute Gasteiger partial charge is 0.341 e. The van der Waals surface area contributed by atoms with Crippen LogP contribution in [-0.2, 0) is 0 Å². The van der Waals surface area contributed by atoms with Crippen LogP contribution in [-0.4, -0.2) is 30.2 Å². The van der Waals surface area contributed by atoms with Gasteiger partial charge in [0.2, 0.25) is 5.78 Å². The molecule has 26 heavy (non-hydrogen) atoms. The molecule has 1 amide bonds. The Morgan fingerprint density at radius 2 is 2.12 bits per heavy atom. The van der Waals surface area contributed by atoms with Gasteiger partial charge in [-0.15, -0.1) is 0 Å². The van der Waals surface area contributed by atoms with Crippen LogP contribution in [0.25, 0.3) is 16.7 Å². The number of amides is 1. The zero-order chi connectivity index (χ0) is 18.1. The van der Waals surface area contributed by atoms with E-state index in [-0.39, 0.29) is 17.4 Å².